The van der Waals surface area contributed by atoms with E-state index in [2.05, 4.69) is 53.7 Å². The first kappa shape index (κ1) is 16.9. The van der Waals surface area contributed by atoms with E-state index < -0.39 is 0 Å². The van der Waals surface area contributed by atoms with Crippen molar-refractivity contribution >= 4 is 5.97 Å². The summed E-state index contributed by atoms with van der Waals surface area (Å²) in [5, 5.41) is 0. The molecule has 0 aliphatic carbocycles. The fraction of sp³-hybridized carbons (Fsp3) is 0.632. The fourth-order valence-corrected chi connectivity index (χ4v) is 2.83. The van der Waals surface area contributed by atoms with E-state index in [1.165, 1.54) is 18.2 Å². The van der Waals surface area contributed by atoms with Crippen LogP contribution in [0.15, 0.2) is 12.1 Å². The summed E-state index contributed by atoms with van der Waals surface area (Å²) < 4.78 is 10.8. The molecule has 2 rings (SSSR count). The minimum atomic E-state index is -0.181. The van der Waals surface area contributed by atoms with Gasteiger partial charge in [-0.2, -0.15) is 0 Å². The van der Waals surface area contributed by atoms with Gasteiger partial charge in [0.2, 0.25) is 0 Å². The molecular weight excluding hydrogens is 276 g/mol. The molecule has 22 heavy (non-hydrogen) atoms. The molecule has 0 saturated carbocycles. The van der Waals surface area contributed by atoms with Crippen molar-refractivity contribution in [3.8, 4) is 5.75 Å². The summed E-state index contributed by atoms with van der Waals surface area (Å²) in [7, 11) is 1.44. The van der Waals surface area contributed by atoms with Gasteiger partial charge in [-0.05, 0) is 16.4 Å². The third kappa shape index (κ3) is 3.29. The molecule has 1 aromatic rings. The number of fused-ring (bicyclic) bond motifs is 1. The lowest BCUT2D eigenvalue weighted by atomic mass is 9.77. The largest absolute Gasteiger partial charge is 0.492 e. The third-order valence-electron chi connectivity index (χ3n) is 4.30. The Morgan fingerprint density at radius 2 is 1.82 bits per heavy atom. The summed E-state index contributed by atoms with van der Waals surface area (Å²) in [6, 6.07) is 4.48. The van der Waals surface area contributed by atoms with Crippen LogP contribution in [0.1, 0.15) is 70.6 Å². The highest BCUT2D eigenvalue weighted by Crippen LogP contribution is 2.45. The molecule has 0 fully saturated rings. The number of rotatable bonds is 2. The van der Waals surface area contributed by atoms with Crippen molar-refractivity contribution in [1.82, 2.24) is 0 Å². The lowest BCUT2D eigenvalue weighted by Gasteiger charge is -2.27. The summed E-state index contributed by atoms with van der Waals surface area (Å²) in [6.07, 6.45) is 0.376. The molecule has 0 N–H and O–H groups in total. The molecule has 1 aromatic carbocycles. The SMILES string of the molecule is COC(=O)C[C@H]1COc2c1cc(C(C)(C)C)cc2C(C)(C)C. The molecule has 122 valence electrons. The van der Waals surface area contributed by atoms with E-state index in [-0.39, 0.29) is 22.7 Å². The number of carbonyl (C=O) groups is 1. The Bertz CT molecular complexity index is 574. The van der Waals surface area contributed by atoms with Gasteiger partial charge in [-0.1, -0.05) is 53.7 Å². The van der Waals surface area contributed by atoms with Crippen LogP contribution in [0.25, 0.3) is 0 Å². The highest BCUT2D eigenvalue weighted by atomic mass is 16.5. The van der Waals surface area contributed by atoms with Crippen LogP contribution in [0.2, 0.25) is 0 Å². The molecule has 0 amide bonds. The van der Waals surface area contributed by atoms with Gasteiger partial charge < -0.3 is 9.47 Å². The number of hydrogen-bond donors (Lipinski definition) is 0. The Hall–Kier alpha value is -1.51. The van der Waals surface area contributed by atoms with E-state index in [4.69, 9.17) is 9.47 Å². The normalized spacial score (nSPS) is 17.9. The molecule has 1 aliphatic rings. The predicted molar refractivity (Wildman–Crippen MR) is 88.7 cm³/mol. The van der Waals surface area contributed by atoms with Gasteiger partial charge in [0.05, 0.1) is 20.1 Å². The van der Waals surface area contributed by atoms with Gasteiger partial charge in [-0.15, -0.1) is 0 Å². The molecule has 0 unspecified atom stereocenters. The Balaban J connectivity index is 2.54. The van der Waals surface area contributed by atoms with E-state index >= 15 is 0 Å². The van der Waals surface area contributed by atoms with E-state index in [1.807, 2.05) is 0 Å². The first-order valence-corrected chi connectivity index (χ1v) is 7.92. The summed E-state index contributed by atoms with van der Waals surface area (Å²) in [5.74, 6) is 0.875. The van der Waals surface area contributed by atoms with E-state index in [1.54, 1.807) is 0 Å². The number of methoxy groups -OCH3 is 1. The quantitative estimate of drug-likeness (QED) is 0.763. The highest BCUT2D eigenvalue weighted by molar-refractivity contribution is 5.71. The Morgan fingerprint density at radius 1 is 1.18 bits per heavy atom. The van der Waals surface area contributed by atoms with E-state index in [0.717, 1.165) is 11.3 Å². The predicted octanol–water partition coefficient (Wildman–Crippen LogP) is 4.32. The molecule has 1 atom stereocenters. The molecule has 0 radical (unpaired) electrons. The van der Waals surface area contributed by atoms with Crippen LogP contribution in [-0.4, -0.2) is 19.7 Å². The third-order valence-corrected chi connectivity index (χ3v) is 4.30. The minimum absolute atomic E-state index is 0.00545. The number of carbonyl (C=O) groups excluding carboxylic acids is 1. The van der Waals surface area contributed by atoms with Crippen LogP contribution in [0.5, 0.6) is 5.75 Å². The molecular formula is C19H28O3. The molecule has 0 aromatic heterocycles. The van der Waals surface area contributed by atoms with Crippen LogP contribution >= 0.6 is 0 Å². The topological polar surface area (TPSA) is 35.5 Å². The van der Waals surface area contributed by atoms with Crippen molar-refractivity contribution < 1.29 is 14.3 Å². The molecule has 1 aliphatic heterocycles. The molecule has 3 nitrogen and oxygen atoms in total. The average Bonchev–Trinajstić information content (AvgIpc) is 2.78. The van der Waals surface area contributed by atoms with Gasteiger partial charge in [0.25, 0.3) is 0 Å². The van der Waals surface area contributed by atoms with Gasteiger partial charge in [-0.25, -0.2) is 0 Å². The van der Waals surface area contributed by atoms with Crippen LogP contribution < -0.4 is 4.74 Å². The van der Waals surface area contributed by atoms with Crippen molar-refractivity contribution in [1.29, 1.82) is 0 Å². The van der Waals surface area contributed by atoms with Gasteiger partial charge in [0.15, 0.2) is 0 Å². The van der Waals surface area contributed by atoms with Crippen molar-refractivity contribution in [2.75, 3.05) is 13.7 Å². The van der Waals surface area contributed by atoms with Gasteiger partial charge in [-0.3, -0.25) is 4.79 Å². The molecule has 0 bridgehead atoms. The summed E-state index contributed by atoms with van der Waals surface area (Å²) >= 11 is 0. The summed E-state index contributed by atoms with van der Waals surface area (Å²) in [6.45, 7) is 13.8. The molecule has 0 spiro atoms. The van der Waals surface area contributed by atoms with Crippen molar-refractivity contribution in [3.05, 3.63) is 28.8 Å². The first-order chi connectivity index (χ1) is 10.0. The van der Waals surface area contributed by atoms with E-state index in [0.29, 0.717) is 13.0 Å². The van der Waals surface area contributed by atoms with E-state index in [9.17, 15) is 4.79 Å². The van der Waals surface area contributed by atoms with Crippen molar-refractivity contribution in [2.24, 2.45) is 0 Å². The van der Waals surface area contributed by atoms with Gasteiger partial charge >= 0.3 is 5.97 Å². The van der Waals surface area contributed by atoms with Gasteiger partial charge in [0.1, 0.15) is 5.75 Å². The zero-order chi connectivity index (χ0) is 16.7. The smallest absolute Gasteiger partial charge is 0.306 e. The van der Waals surface area contributed by atoms with Crippen LogP contribution in [0.3, 0.4) is 0 Å². The van der Waals surface area contributed by atoms with Crippen LogP contribution in [-0.2, 0) is 20.4 Å². The second-order valence-corrected chi connectivity index (χ2v) is 8.23. The van der Waals surface area contributed by atoms with Gasteiger partial charge in [0, 0.05) is 17.0 Å². The lowest BCUT2D eigenvalue weighted by molar-refractivity contribution is -0.141. The first-order valence-electron chi connectivity index (χ1n) is 7.92. The average molecular weight is 304 g/mol. The zero-order valence-corrected chi connectivity index (χ0v) is 14.9. The second-order valence-electron chi connectivity index (χ2n) is 8.23. The number of hydrogen-bond acceptors (Lipinski definition) is 3. The second kappa shape index (κ2) is 5.60. The maximum atomic E-state index is 11.7. The number of ether oxygens (including phenoxy) is 2. The summed E-state index contributed by atoms with van der Waals surface area (Å²) in [4.78, 5) is 11.7. The maximum Gasteiger partial charge on any atom is 0.306 e. The fourth-order valence-electron chi connectivity index (χ4n) is 2.83. The highest BCUT2D eigenvalue weighted by Gasteiger charge is 2.34. The maximum absolute atomic E-state index is 11.7. The van der Waals surface area contributed by atoms with Crippen LogP contribution in [0, 0.1) is 0 Å². The Morgan fingerprint density at radius 3 is 2.32 bits per heavy atom. The Labute approximate surface area is 134 Å². The van der Waals surface area contributed by atoms with Crippen molar-refractivity contribution in [2.45, 2.75) is 64.7 Å². The minimum Gasteiger partial charge on any atom is -0.492 e. The summed E-state index contributed by atoms with van der Waals surface area (Å²) in [5.41, 5.74) is 3.74. The zero-order valence-electron chi connectivity index (χ0n) is 14.9. The monoisotopic (exact) mass is 304 g/mol. The molecule has 3 heteroatoms. The van der Waals surface area contributed by atoms with Crippen LogP contribution in [0.4, 0.5) is 0 Å². The molecule has 1 heterocycles. The number of esters is 1. The lowest BCUT2D eigenvalue weighted by Crippen LogP contribution is -2.17. The Kier molecular flexibility index (Phi) is 4.29. The number of benzene rings is 1. The van der Waals surface area contributed by atoms with Crippen molar-refractivity contribution in [3.63, 3.8) is 0 Å². The standard InChI is InChI=1S/C19H28O3/c1-18(2,3)13-9-14-12(8-16(20)21-7)11-22-17(14)15(10-13)19(4,5)6/h9-10,12H,8,11H2,1-7H3/t12-/m0/s1. The molecule has 0 saturated heterocycles.